The van der Waals surface area contributed by atoms with Crippen molar-refractivity contribution in [3.63, 3.8) is 0 Å². The maximum absolute atomic E-state index is 12.5. The van der Waals surface area contributed by atoms with E-state index in [0.29, 0.717) is 12.0 Å². The Kier molecular flexibility index (Phi) is 5.14. The molecule has 1 N–H and O–H groups in total. The molecule has 3 rings (SSSR count). The van der Waals surface area contributed by atoms with Gasteiger partial charge in [-0.05, 0) is 25.0 Å². The third kappa shape index (κ3) is 3.75. The molecule has 0 radical (unpaired) electrons. The molecule has 1 heterocycles. The molecule has 1 aromatic heterocycles. The van der Waals surface area contributed by atoms with Crippen LogP contribution in [0.3, 0.4) is 0 Å². The van der Waals surface area contributed by atoms with E-state index in [-0.39, 0.29) is 23.8 Å². The Morgan fingerprint density at radius 3 is 2.29 bits per heavy atom. The molecule has 4 nitrogen and oxygen atoms in total. The van der Waals surface area contributed by atoms with E-state index in [0.717, 1.165) is 25.7 Å². The predicted molar refractivity (Wildman–Crippen MR) is 93.9 cm³/mol. The van der Waals surface area contributed by atoms with E-state index in [2.05, 4.69) is 9.88 Å². The highest BCUT2D eigenvalue weighted by Gasteiger charge is 2.35. The number of rotatable bonds is 6. The first kappa shape index (κ1) is 16.5. The highest BCUT2D eigenvalue weighted by Crippen LogP contribution is 2.37. The van der Waals surface area contributed by atoms with Crippen LogP contribution in [0.15, 0.2) is 54.9 Å². The first-order valence-corrected chi connectivity index (χ1v) is 8.68. The second kappa shape index (κ2) is 7.47. The molecule has 0 atom stereocenters. The van der Waals surface area contributed by atoms with Crippen LogP contribution < -0.4 is 5.32 Å². The van der Waals surface area contributed by atoms with Crippen LogP contribution in [0.5, 0.6) is 0 Å². The number of nitrogens with zero attached hydrogens (tertiary/aromatic N) is 1. The fraction of sp³-hybridized carbons (Fsp3) is 0.400. The Morgan fingerprint density at radius 1 is 0.958 bits per heavy atom. The Morgan fingerprint density at radius 2 is 1.62 bits per heavy atom. The number of Topliss-reactive ketones (excluding diaryl/α,β-unsaturated/α-hetero) is 1. The topological polar surface area (TPSA) is 51.1 Å². The minimum Gasteiger partial charge on any atom is -0.349 e. The quantitative estimate of drug-likeness (QED) is 0.826. The molecule has 0 bridgehead atoms. The second-order valence-electron chi connectivity index (χ2n) is 6.62. The lowest BCUT2D eigenvalue weighted by Gasteiger charge is -2.38. The number of hydrogen-bond donors (Lipinski definition) is 1. The Labute approximate surface area is 142 Å². The summed E-state index contributed by atoms with van der Waals surface area (Å²) in [5.74, 6) is -0.0995. The van der Waals surface area contributed by atoms with E-state index in [1.54, 1.807) is 12.1 Å². The van der Waals surface area contributed by atoms with Gasteiger partial charge in [0, 0.05) is 18.0 Å². The third-order valence-electron chi connectivity index (χ3n) is 4.97. The van der Waals surface area contributed by atoms with Gasteiger partial charge in [-0.15, -0.1) is 0 Å². The van der Waals surface area contributed by atoms with Crippen LogP contribution in [0.4, 0.5) is 0 Å². The minimum absolute atomic E-state index is 0.0464. The SMILES string of the molecule is O=C(CC1(n2cccc2)CCCCC1)NCC(=O)c1ccccc1. The number of hydrogen-bond acceptors (Lipinski definition) is 2. The molecule has 4 heteroatoms. The molecule has 1 aliphatic rings. The summed E-state index contributed by atoms with van der Waals surface area (Å²) in [5, 5.41) is 2.81. The molecule has 1 fully saturated rings. The smallest absolute Gasteiger partial charge is 0.222 e. The number of ketones is 1. The van der Waals surface area contributed by atoms with Gasteiger partial charge >= 0.3 is 0 Å². The van der Waals surface area contributed by atoms with Crippen molar-refractivity contribution in [3.8, 4) is 0 Å². The van der Waals surface area contributed by atoms with Crippen LogP contribution in [0.2, 0.25) is 0 Å². The highest BCUT2D eigenvalue weighted by molar-refractivity contribution is 5.99. The summed E-state index contributed by atoms with van der Waals surface area (Å²) in [5.41, 5.74) is 0.498. The van der Waals surface area contributed by atoms with Crippen molar-refractivity contribution in [1.82, 2.24) is 9.88 Å². The monoisotopic (exact) mass is 324 g/mol. The largest absolute Gasteiger partial charge is 0.349 e. The predicted octanol–water partition coefficient (Wildman–Crippen LogP) is 3.54. The van der Waals surface area contributed by atoms with E-state index in [4.69, 9.17) is 0 Å². The number of carbonyl (C=O) groups is 2. The second-order valence-corrected chi connectivity index (χ2v) is 6.62. The molecular formula is C20H24N2O2. The zero-order valence-electron chi connectivity index (χ0n) is 13.9. The molecule has 0 aliphatic heterocycles. The van der Waals surface area contributed by atoms with Crippen molar-refractivity contribution in [3.05, 3.63) is 60.4 Å². The fourth-order valence-corrected chi connectivity index (χ4v) is 3.65. The summed E-state index contributed by atoms with van der Waals surface area (Å²) in [4.78, 5) is 24.6. The van der Waals surface area contributed by atoms with Gasteiger partial charge in [0.2, 0.25) is 5.91 Å². The Bertz CT molecular complexity index is 671. The van der Waals surface area contributed by atoms with Gasteiger partial charge in [0.1, 0.15) is 0 Å². The van der Waals surface area contributed by atoms with Gasteiger partial charge in [0.25, 0.3) is 0 Å². The van der Waals surface area contributed by atoms with Crippen molar-refractivity contribution < 1.29 is 9.59 Å². The van der Waals surface area contributed by atoms with E-state index < -0.39 is 0 Å². The number of aromatic nitrogens is 1. The summed E-state index contributed by atoms with van der Waals surface area (Å²) in [6.07, 6.45) is 10.1. The molecule has 0 unspecified atom stereocenters. The zero-order valence-corrected chi connectivity index (χ0v) is 13.9. The van der Waals surface area contributed by atoms with Gasteiger partial charge in [0.05, 0.1) is 18.5 Å². The van der Waals surface area contributed by atoms with Gasteiger partial charge in [0.15, 0.2) is 5.78 Å². The lowest BCUT2D eigenvalue weighted by molar-refractivity contribution is -0.123. The van der Waals surface area contributed by atoms with Crippen LogP contribution in [-0.4, -0.2) is 22.8 Å². The maximum atomic E-state index is 12.5. The average molecular weight is 324 g/mol. The van der Waals surface area contributed by atoms with Crippen LogP contribution >= 0.6 is 0 Å². The number of benzene rings is 1. The van der Waals surface area contributed by atoms with Crippen molar-refractivity contribution in [1.29, 1.82) is 0 Å². The van der Waals surface area contributed by atoms with Crippen molar-refractivity contribution in [2.45, 2.75) is 44.1 Å². The van der Waals surface area contributed by atoms with Crippen molar-refractivity contribution in [2.24, 2.45) is 0 Å². The van der Waals surface area contributed by atoms with Crippen molar-refractivity contribution in [2.75, 3.05) is 6.54 Å². The molecule has 2 aromatic rings. The van der Waals surface area contributed by atoms with Gasteiger partial charge < -0.3 is 9.88 Å². The first-order valence-electron chi connectivity index (χ1n) is 8.68. The molecule has 1 amide bonds. The number of amides is 1. The van der Waals surface area contributed by atoms with Gasteiger partial charge in [-0.1, -0.05) is 49.6 Å². The minimum atomic E-state index is -0.137. The summed E-state index contributed by atoms with van der Waals surface area (Å²) in [7, 11) is 0. The summed E-state index contributed by atoms with van der Waals surface area (Å²) in [6.45, 7) is 0.0601. The Hall–Kier alpha value is -2.36. The molecule has 0 spiro atoms. The number of nitrogens with one attached hydrogen (secondary N) is 1. The summed E-state index contributed by atoms with van der Waals surface area (Å²) >= 11 is 0. The van der Waals surface area contributed by atoms with E-state index >= 15 is 0 Å². The third-order valence-corrected chi connectivity index (χ3v) is 4.97. The summed E-state index contributed by atoms with van der Waals surface area (Å²) < 4.78 is 2.19. The van der Waals surface area contributed by atoms with Crippen LogP contribution in [0, 0.1) is 0 Å². The molecule has 1 aliphatic carbocycles. The van der Waals surface area contributed by atoms with E-state index in [9.17, 15) is 9.59 Å². The van der Waals surface area contributed by atoms with E-state index in [1.165, 1.54) is 6.42 Å². The first-order chi connectivity index (χ1) is 11.7. The summed E-state index contributed by atoms with van der Waals surface area (Å²) in [6, 6.07) is 13.1. The molecule has 1 aromatic carbocycles. The van der Waals surface area contributed by atoms with Gasteiger partial charge in [-0.25, -0.2) is 0 Å². The molecular weight excluding hydrogens is 300 g/mol. The highest BCUT2D eigenvalue weighted by atomic mass is 16.2. The lowest BCUT2D eigenvalue weighted by atomic mass is 9.78. The lowest BCUT2D eigenvalue weighted by Crippen LogP contribution is -2.41. The van der Waals surface area contributed by atoms with Crippen LogP contribution in [0.1, 0.15) is 48.9 Å². The number of carbonyl (C=O) groups excluding carboxylic acids is 2. The molecule has 0 saturated heterocycles. The van der Waals surface area contributed by atoms with Gasteiger partial charge in [-0.3, -0.25) is 9.59 Å². The molecule has 126 valence electrons. The fourth-order valence-electron chi connectivity index (χ4n) is 3.65. The van der Waals surface area contributed by atoms with Crippen LogP contribution in [-0.2, 0) is 10.3 Å². The normalized spacial score (nSPS) is 16.5. The van der Waals surface area contributed by atoms with Gasteiger partial charge in [-0.2, -0.15) is 0 Å². The molecule has 1 saturated carbocycles. The molecule has 24 heavy (non-hydrogen) atoms. The average Bonchev–Trinajstić information content (AvgIpc) is 3.17. The van der Waals surface area contributed by atoms with E-state index in [1.807, 2.05) is 42.7 Å². The Balaban J connectivity index is 1.61. The van der Waals surface area contributed by atoms with Crippen LogP contribution in [0.25, 0.3) is 0 Å². The standard InChI is InChI=1S/C20H24N2O2/c23-18(17-9-3-1-4-10-17)16-21-19(24)15-20(11-5-2-6-12-20)22-13-7-8-14-22/h1,3-4,7-10,13-14H,2,5-6,11-12,15-16H2,(H,21,24). The zero-order chi connectivity index (χ0) is 16.8. The maximum Gasteiger partial charge on any atom is 0.222 e. The van der Waals surface area contributed by atoms with Crippen molar-refractivity contribution >= 4 is 11.7 Å².